The smallest absolute Gasteiger partial charge is 0.262 e. The Balaban J connectivity index is 1.52. The van der Waals surface area contributed by atoms with Crippen LogP contribution >= 0.6 is 11.3 Å². The van der Waals surface area contributed by atoms with E-state index < -0.39 is 10.0 Å². The molecule has 1 aliphatic heterocycles. The third kappa shape index (κ3) is 5.12. The Morgan fingerprint density at radius 1 is 1.21 bits per heavy atom. The van der Waals surface area contributed by atoms with Crippen LogP contribution < -0.4 is 10.1 Å². The van der Waals surface area contributed by atoms with Crippen LogP contribution in [0.15, 0.2) is 40.6 Å². The number of benzene rings is 1. The van der Waals surface area contributed by atoms with E-state index in [9.17, 15) is 13.2 Å². The molecule has 2 heterocycles. The molecule has 1 aromatic carbocycles. The van der Waals surface area contributed by atoms with E-state index >= 15 is 0 Å². The summed E-state index contributed by atoms with van der Waals surface area (Å²) in [5.74, 6) is 0.459. The lowest BCUT2D eigenvalue weighted by atomic mass is 10.2. The highest BCUT2D eigenvalue weighted by atomic mass is 32.2. The number of nitrogens with one attached hydrogen (secondary N) is 1. The van der Waals surface area contributed by atoms with E-state index in [0.29, 0.717) is 32.7 Å². The number of sulfonamides is 1. The lowest BCUT2D eigenvalue weighted by Crippen LogP contribution is -2.36. The highest BCUT2D eigenvalue weighted by molar-refractivity contribution is 7.89. The third-order valence-electron chi connectivity index (χ3n) is 4.63. The molecule has 28 heavy (non-hydrogen) atoms. The highest BCUT2D eigenvalue weighted by Crippen LogP contribution is 2.27. The Bertz CT molecular complexity index is 902. The number of carbonyl (C=O) groups is 1. The lowest BCUT2D eigenvalue weighted by Gasteiger charge is -2.25. The van der Waals surface area contributed by atoms with Crippen molar-refractivity contribution in [2.75, 3.05) is 26.2 Å². The van der Waals surface area contributed by atoms with Gasteiger partial charge in [-0.15, -0.1) is 11.3 Å². The van der Waals surface area contributed by atoms with Crippen LogP contribution in [0, 0.1) is 6.92 Å². The largest absolute Gasteiger partial charge is 0.494 e. The average Bonchev–Trinajstić information content (AvgIpc) is 3.19. The number of ether oxygens (including phenoxy) is 1. The van der Waals surface area contributed by atoms with E-state index in [-0.39, 0.29) is 15.7 Å². The number of amides is 1. The lowest BCUT2D eigenvalue weighted by molar-refractivity contribution is 0.0952. The molecule has 0 aliphatic carbocycles. The van der Waals surface area contributed by atoms with Gasteiger partial charge in [-0.1, -0.05) is 18.6 Å². The van der Waals surface area contributed by atoms with E-state index in [2.05, 4.69) is 5.32 Å². The number of hydrogen-bond acceptors (Lipinski definition) is 5. The molecular weight excluding hydrogens is 396 g/mol. The number of rotatable bonds is 8. The summed E-state index contributed by atoms with van der Waals surface area (Å²) in [6.07, 6.45) is 3.42. The normalized spacial score (nSPS) is 15.3. The minimum atomic E-state index is -3.61. The van der Waals surface area contributed by atoms with Crippen molar-refractivity contribution in [1.82, 2.24) is 9.62 Å². The van der Waals surface area contributed by atoms with Crippen LogP contribution in [0.3, 0.4) is 0 Å². The van der Waals surface area contributed by atoms with Crippen molar-refractivity contribution in [2.24, 2.45) is 0 Å². The molecule has 0 atom stereocenters. The van der Waals surface area contributed by atoms with E-state index in [1.807, 2.05) is 31.2 Å². The fraction of sp³-hybridized carbons (Fsp3) is 0.450. The van der Waals surface area contributed by atoms with Crippen molar-refractivity contribution in [3.05, 3.63) is 46.2 Å². The van der Waals surface area contributed by atoms with Gasteiger partial charge >= 0.3 is 0 Å². The standard InChI is InChI=1S/C20H26N2O4S2/c1-16-7-5-8-17(15-16)26-13-6-10-21-20(23)19-18(9-14-27-19)28(24,25)22-11-3-2-4-12-22/h5,7-9,14-15H,2-4,6,10-13H2,1H3,(H,21,23). The fourth-order valence-corrected chi connectivity index (χ4v) is 5.99. The first kappa shape index (κ1) is 20.8. The van der Waals surface area contributed by atoms with Crippen LogP contribution in [0.5, 0.6) is 5.75 Å². The molecule has 0 saturated carbocycles. The molecular formula is C20H26N2O4S2. The van der Waals surface area contributed by atoms with Crippen molar-refractivity contribution in [3.63, 3.8) is 0 Å². The zero-order valence-corrected chi connectivity index (χ0v) is 17.7. The van der Waals surface area contributed by atoms with Gasteiger partial charge in [-0.25, -0.2) is 8.42 Å². The first-order valence-electron chi connectivity index (χ1n) is 9.54. The maximum Gasteiger partial charge on any atom is 0.262 e. The molecule has 1 aromatic heterocycles. The van der Waals surface area contributed by atoms with Crippen molar-refractivity contribution in [1.29, 1.82) is 0 Å². The van der Waals surface area contributed by atoms with Crippen LogP contribution in [-0.2, 0) is 10.0 Å². The molecule has 3 rings (SSSR count). The third-order valence-corrected chi connectivity index (χ3v) is 7.62. The second-order valence-electron chi connectivity index (χ2n) is 6.85. The number of carbonyl (C=O) groups excluding carboxylic acids is 1. The van der Waals surface area contributed by atoms with Crippen LogP contribution in [0.1, 0.15) is 40.9 Å². The summed E-state index contributed by atoms with van der Waals surface area (Å²) in [6.45, 7) is 3.95. The maximum absolute atomic E-state index is 12.9. The van der Waals surface area contributed by atoms with Gasteiger partial charge in [0.2, 0.25) is 10.0 Å². The number of hydrogen-bond donors (Lipinski definition) is 1. The minimum Gasteiger partial charge on any atom is -0.494 e. The summed E-state index contributed by atoms with van der Waals surface area (Å²) in [4.78, 5) is 12.9. The Kier molecular flexibility index (Phi) is 7.09. The SMILES string of the molecule is Cc1cccc(OCCCNC(=O)c2sccc2S(=O)(=O)N2CCCCC2)c1. The van der Waals surface area contributed by atoms with Crippen LogP contribution in [-0.4, -0.2) is 44.9 Å². The summed E-state index contributed by atoms with van der Waals surface area (Å²) in [5.41, 5.74) is 1.13. The van der Waals surface area contributed by atoms with Gasteiger partial charge in [-0.2, -0.15) is 4.31 Å². The zero-order chi connectivity index (χ0) is 20.0. The minimum absolute atomic E-state index is 0.118. The monoisotopic (exact) mass is 422 g/mol. The molecule has 1 saturated heterocycles. The van der Waals surface area contributed by atoms with E-state index in [1.165, 1.54) is 10.4 Å². The zero-order valence-electron chi connectivity index (χ0n) is 16.0. The molecule has 152 valence electrons. The highest BCUT2D eigenvalue weighted by Gasteiger charge is 2.30. The van der Waals surface area contributed by atoms with Crippen molar-refractivity contribution < 1.29 is 17.9 Å². The first-order valence-corrected chi connectivity index (χ1v) is 11.9. The van der Waals surface area contributed by atoms with Gasteiger partial charge in [0, 0.05) is 19.6 Å². The predicted molar refractivity (Wildman–Crippen MR) is 111 cm³/mol. The van der Waals surface area contributed by atoms with Crippen molar-refractivity contribution in [3.8, 4) is 5.75 Å². The number of nitrogens with zero attached hydrogens (tertiary/aromatic N) is 1. The number of aryl methyl sites for hydroxylation is 1. The van der Waals surface area contributed by atoms with Gasteiger partial charge in [0.05, 0.1) is 6.61 Å². The second-order valence-corrected chi connectivity index (χ2v) is 9.68. The summed E-state index contributed by atoms with van der Waals surface area (Å²) < 4.78 is 32.9. The van der Waals surface area contributed by atoms with Crippen LogP contribution in [0.2, 0.25) is 0 Å². The summed E-state index contributed by atoms with van der Waals surface area (Å²) >= 11 is 1.16. The number of thiophene rings is 1. The van der Waals surface area contributed by atoms with E-state index in [1.54, 1.807) is 5.38 Å². The van der Waals surface area contributed by atoms with Gasteiger partial charge in [0.15, 0.2) is 0 Å². The Hall–Kier alpha value is -1.90. The van der Waals surface area contributed by atoms with Crippen LogP contribution in [0.25, 0.3) is 0 Å². The molecule has 0 radical (unpaired) electrons. The van der Waals surface area contributed by atoms with Crippen molar-refractivity contribution in [2.45, 2.75) is 37.5 Å². The Morgan fingerprint density at radius 2 is 2.00 bits per heavy atom. The molecule has 2 aromatic rings. The molecule has 1 fully saturated rings. The molecule has 1 aliphatic rings. The Labute approximate surface area is 170 Å². The molecule has 1 amide bonds. The summed E-state index contributed by atoms with van der Waals surface area (Å²) in [7, 11) is -3.61. The second kappa shape index (κ2) is 9.54. The molecule has 8 heteroatoms. The molecule has 1 N–H and O–H groups in total. The van der Waals surface area contributed by atoms with E-state index in [0.717, 1.165) is 41.9 Å². The van der Waals surface area contributed by atoms with Gasteiger partial charge in [-0.05, 0) is 55.3 Å². The van der Waals surface area contributed by atoms with Crippen molar-refractivity contribution >= 4 is 27.3 Å². The number of piperidine rings is 1. The average molecular weight is 423 g/mol. The predicted octanol–water partition coefficient (Wildman–Crippen LogP) is 3.43. The summed E-state index contributed by atoms with van der Waals surface area (Å²) in [6, 6.07) is 9.33. The first-order chi connectivity index (χ1) is 13.5. The topological polar surface area (TPSA) is 75.7 Å². The van der Waals surface area contributed by atoms with Gasteiger partial charge < -0.3 is 10.1 Å². The quantitative estimate of drug-likeness (QED) is 0.662. The van der Waals surface area contributed by atoms with Gasteiger partial charge in [-0.3, -0.25) is 4.79 Å². The van der Waals surface area contributed by atoms with Gasteiger partial charge in [0.25, 0.3) is 5.91 Å². The Morgan fingerprint density at radius 3 is 2.75 bits per heavy atom. The van der Waals surface area contributed by atoms with Gasteiger partial charge in [0.1, 0.15) is 15.5 Å². The molecule has 0 unspecified atom stereocenters. The van der Waals surface area contributed by atoms with Crippen LogP contribution in [0.4, 0.5) is 0 Å². The molecule has 0 spiro atoms. The van der Waals surface area contributed by atoms with E-state index in [4.69, 9.17) is 4.74 Å². The molecule has 0 bridgehead atoms. The molecule has 6 nitrogen and oxygen atoms in total. The summed E-state index contributed by atoms with van der Waals surface area (Å²) in [5, 5.41) is 4.47. The maximum atomic E-state index is 12.9. The fourth-order valence-electron chi connectivity index (χ4n) is 3.16.